The summed E-state index contributed by atoms with van der Waals surface area (Å²) in [5, 5.41) is 3.52. The number of rotatable bonds is 4. The van der Waals surface area contributed by atoms with Crippen LogP contribution in [0.4, 0.5) is 5.82 Å². The van der Waals surface area contributed by atoms with Crippen molar-refractivity contribution >= 4 is 5.82 Å². The molecule has 0 aromatic carbocycles. The zero-order chi connectivity index (χ0) is 13.2. The van der Waals surface area contributed by atoms with Crippen molar-refractivity contribution in [2.45, 2.75) is 38.4 Å². The Hall–Kier alpha value is -1.13. The van der Waals surface area contributed by atoms with Crippen molar-refractivity contribution < 1.29 is 0 Å². The number of nitrogens with zero attached hydrogens (tertiary/aromatic N) is 3. The van der Waals surface area contributed by atoms with Gasteiger partial charge in [0.2, 0.25) is 0 Å². The van der Waals surface area contributed by atoms with Crippen molar-refractivity contribution in [2.75, 3.05) is 31.6 Å². The maximum Gasteiger partial charge on any atom is 0.128 e. The SMILES string of the molecule is CC1CN(c2ccc(CNC3CC3)cn2)CCN1C. The van der Waals surface area contributed by atoms with Crippen molar-refractivity contribution in [3.8, 4) is 0 Å². The summed E-state index contributed by atoms with van der Waals surface area (Å²) >= 11 is 0. The van der Waals surface area contributed by atoms with E-state index in [1.54, 1.807) is 0 Å². The predicted octanol–water partition coefficient (Wildman–Crippen LogP) is 1.47. The first-order chi connectivity index (χ1) is 9.22. The molecule has 4 heteroatoms. The minimum absolute atomic E-state index is 0.603. The quantitative estimate of drug-likeness (QED) is 0.888. The summed E-state index contributed by atoms with van der Waals surface area (Å²) in [7, 11) is 2.20. The van der Waals surface area contributed by atoms with Gasteiger partial charge in [0, 0.05) is 44.5 Å². The third kappa shape index (κ3) is 3.25. The van der Waals surface area contributed by atoms with E-state index in [0.29, 0.717) is 6.04 Å². The average molecular weight is 260 g/mol. The molecule has 2 fully saturated rings. The first-order valence-corrected chi connectivity index (χ1v) is 7.36. The lowest BCUT2D eigenvalue weighted by Crippen LogP contribution is -2.50. The molecular weight excluding hydrogens is 236 g/mol. The second-order valence-corrected chi connectivity index (χ2v) is 5.96. The third-order valence-corrected chi connectivity index (χ3v) is 4.27. The highest BCUT2D eigenvalue weighted by Gasteiger charge is 2.22. The van der Waals surface area contributed by atoms with Crippen LogP contribution < -0.4 is 10.2 Å². The summed E-state index contributed by atoms with van der Waals surface area (Å²) in [6, 6.07) is 5.74. The van der Waals surface area contributed by atoms with Crippen LogP contribution in [-0.2, 0) is 6.54 Å². The summed E-state index contributed by atoms with van der Waals surface area (Å²) < 4.78 is 0. The molecule has 4 nitrogen and oxygen atoms in total. The summed E-state index contributed by atoms with van der Waals surface area (Å²) in [6.45, 7) is 6.50. The largest absolute Gasteiger partial charge is 0.354 e. The smallest absolute Gasteiger partial charge is 0.128 e. The number of likely N-dealkylation sites (N-methyl/N-ethyl adjacent to an activating group) is 1. The average Bonchev–Trinajstić information content (AvgIpc) is 3.24. The molecule has 1 aromatic rings. The Morgan fingerprint density at radius 2 is 2.16 bits per heavy atom. The molecule has 1 aliphatic heterocycles. The fourth-order valence-corrected chi connectivity index (χ4v) is 2.51. The Kier molecular flexibility index (Phi) is 3.71. The van der Waals surface area contributed by atoms with Crippen molar-refractivity contribution in [3.05, 3.63) is 23.9 Å². The topological polar surface area (TPSA) is 31.4 Å². The third-order valence-electron chi connectivity index (χ3n) is 4.27. The minimum Gasteiger partial charge on any atom is -0.354 e. The lowest BCUT2D eigenvalue weighted by molar-refractivity contribution is 0.233. The fourth-order valence-electron chi connectivity index (χ4n) is 2.51. The van der Waals surface area contributed by atoms with Gasteiger partial charge in [0.1, 0.15) is 5.82 Å². The number of pyridine rings is 1. The van der Waals surface area contributed by atoms with Crippen molar-refractivity contribution in [1.82, 2.24) is 15.2 Å². The van der Waals surface area contributed by atoms with Crippen LogP contribution in [0.5, 0.6) is 0 Å². The van der Waals surface area contributed by atoms with Crippen molar-refractivity contribution in [3.63, 3.8) is 0 Å². The van der Waals surface area contributed by atoms with Crippen LogP contribution >= 0.6 is 0 Å². The van der Waals surface area contributed by atoms with E-state index in [9.17, 15) is 0 Å². The summed E-state index contributed by atoms with van der Waals surface area (Å²) in [4.78, 5) is 9.43. The van der Waals surface area contributed by atoms with Gasteiger partial charge in [0.15, 0.2) is 0 Å². The van der Waals surface area contributed by atoms with Crippen LogP contribution in [0.25, 0.3) is 0 Å². The van der Waals surface area contributed by atoms with E-state index in [0.717, 1.165) is 38.0 Å². The predicted molar refractivity (Wildman–Crippen MR) is 78.4 cm³/mol. The second-order valence-electron chi connectivity index (χ2n) is 5.96. The molecule has 1 aromatic heterocycles. The van der Waals surface area contributed by atoms with Gasteiger partial charge in [-0.2, -0.15) is 0 Å². The van der Waals surface area contributed by atoms with Gasteiger partial charge in [0.05, 0.1) is 0 Å². The van der Waals surface area contributed by atoms with Crippen molar-refractivity contribution in [2.24, 2.45) is 0 Å². The number of hydrogen-bond donors (Lipinski definition) is 1. The number of piperazine rings is 1. The molecule has 1 unspecified atom stereocenters. The first-order valence-electron chi connectivity index (χ1n) is 7.36. The van der Waals surface area contributed by atoms with Gasteiger partial charge < -0.3 is 15.1 Å². The Bertz CT molecular complexity index is 413. The highest BCUT2D eigenvalue weighted by molar-refractivity contribution is 5.40. The number of nitrogens with one attached hydrogen (secondary N) is 1. The molecule has 0 amide bonds. The summed E-state index contributed by atoms with van der Waals surface area (Å²) in [5.74, 6) is 1.12. The lowest BCUT2D eigenvalue weighted by atomic mass is 10.2. The zero-order valence-corrected chi connectivity index (χ0v) is 12.0. The molecule has 3 rings (SSSR count). The van der Waals surface area contributed by atoms with Gasteiger partial charge in [0.25, 0.3) is 0 Å². The van der Waals surface area contributed by atoms with Gasteiger partial charge >= 0.3 is 0 Å². The zero-order valence-electron chi connectivity index (χ0n) is 12.0. The molecule has 1 atom stereocenters. The molecule has 104 valence electrons. The van der Waals surface area contributed by atoms with Crippen LogP contribution in [0.15, 0.2) is 18.3 Å². The second kappa shape index (κ2) is 5.47. The molecule has 0 radical (unpaired) electrons. The van der Waals surface area contributed by atoms with Gasteiger partial charge in [-0.05, 0) is 38.4 Å². The number of aromatic nitrogens is 1. The van der Waals surface area contributed by atoms with Crippen LogP contribution in [0, 0.1) is 0 Å². The Labute approximate surface area is 115 Å². The summed E-state index contributed by atoms with van der Waals surface area (Å²) in [6.07, 6.45) is 4.70. The summed E-state index contributed by atoms with van der Waals surface area (Å²) in [5.41, 5.74) is 1.29. The molecule has 19 heavy (non-hydrogen) atoms. The van der Waals surface area contributed by atoms with E-state index in [4.69, 9.17) is 0 Å². The van der Waals surface area contributed by atoms with E-state index in [2.05, 4.69) is 46.2 Å². The van der Waals surface area contributed by atoms with E-state index < -0.39 is 0 Å². The standard InChI is InChI=1S/C15H24N4/c1-12-11-19(8-7-18(12)2)15-6-3-13(10-17-15)9-16-14-4-5-14/h3,6,10,12,14,16H,4-5,7-9,11H2,1-2H3. The van der Waals surface area contributed by atoms with E-state index >= 15 is 0 Å². The minimum atomic E-state index is 0.603. The monoisotopic (exact) mass is 260 g/mol. The Morgan fingerprint density at radius 3 is 2.79 bits per heavy atom. The maximum absolute atomic E-state index is 4.63. The fraction of sp³-hybridized carbons (Fsp3) is 0.667. The van der Waals surface area contributed by atoms with E-state index in [1.165, 1.54) is 18.4 Å². The van der Waals surface area contributed by atoms with Gasteiger partial charge in [-0.25, -0.2) is 4.98 Å². The normalized spacial score (nSPS) is 24.7. The molecule has 0 spiro atoms. The van der Waals surface area contributed by atoms with Gasteiger partial charge in [-0.3, -0.25) is 0 Å². The lowest BCUT2D eigenvalue weighted by Gasteiger charge is -2.38. The molecule has 2 aliphatic rings. The highest BCUT2D eigenvalue weighted by atomic mass is 15.3. The van der Waals surface area contributed by atoms with Crippen LogP contribution in [0.3, 0.4) is 0 Å². The molecular formula is C15H24N4. The van der Waals surface area contributed by atoms with E-state index in [-0.39, 0.29) is 0 Å². The highest BCUT2D eigenvalue weighted by Crippen LogP contribution is 2.20. The van der Waals surface area contributed by atoms with E-state index in [1.807, 2.05) is 6.20 Å². The Morgan fingerprint density at radius 1 is 1.32 bits per heavy atom. The molecule has 0 bridgehead atoms. The number of hydrogen-bond acceptors (Lipinski definition) is 4. The first kappa shape index (κ1) is 12.9. The Balaban J connectivity index is 1.58. The number of anilines is 1. The molecule has 1 aliphatic carbocycles. The molecule has 2 heterocycles. The van der Waals surface area contributed by atoms with Gasteiger partial charge in [-0.15, -0.1) is 0 Å². The van der Waals surface area contributed by atoms with Crippen LogP contribution in [0.1, 0.15) is 25.3 Å². The molecule has 1 saturated carbocycles. The maximum atomic E-state index is 4.63. The van der Waals surface area contributed by atoms with Gasteiger partial charge in [-0.1, -0.05) is 6.07 Å². The van der Waals surface area contributed by atoms with Crippen LogP contribution in [0.2, 0.25) is 0 Å². The molecule has 1 saturated heterocycles. The van der Waals surface area contributed by atoms with Crippen LogP contribution in [-0.4, -0.2) is 48.6 Å². The van der Waals surface area contributed by atoms with Crippen molar-refractivity contribution in [1.29, 1.82) is 0 Å². The molecule has 1 N–H and O–H groups in total.